The number of hydrogen-bond acceptors (Lipinski definition) is 4. The largest absolute Gasteiger partial charge is 0.486 e. The van der Waals surface area contributed by atoms with Crippen LogP contribution in [0.4, 0.5) is 5.69 Å². The average Bonchev–Trinajstić information content (AvgIpc) is 2.39. The van der Waals surface area contributed by atoms with Crippen LogP contribution in [0.3, 0.4) is 0 Å². The second-order valence-corrected chi connectivity index (χ2v) is 4.26. The van der Waals surface area contributed by atoms with Gasteiger partial charge in [-0.25, -0.2) is 4.79 Å². The molecule has 1 aliphatic carbocycles. The predicted molar refractivity (Wildman–Crippen MR) is 67.5 cm³/mol. The molecule has 0 saturated carbocycles. The Kier molecular flexibility index (Phi) is 3.79. The zero-order chi connectivity index (χ0) is 13.8. The lowest BCUT2D eigenvalue weighted by molar-refractivity contribution is -0.385. The fraction of sp³-hybridized carbons (Fsp3) is 0.308. The highest BCUT2D eigenvalue weighted by Crippen LogP contribution is 2.26. The maximum Gasteiger partial charge on any atom is 0.342 e. The lowest BCUT2D eigenvalue weighted by Gasteiger charge is -2.18. The molecule has 0 aliphatic heterocycles. The second kappa shape index (κ2) is 5.51. The molecule has 0 amide bonds. The summed E-state index contributed by atoms with van der Waals surface area (Å²) in [5, 5.41) is 19.7. The van der Waals surface area contributed by atoms with Gasteiger partial charge in [0.25, 0.3) is 5.69 Å². The number of nitro benzene ring substituents is 1. The highest BCUT2D eigenvalue weighted by Gasteiger charge is 2.21. The van der Waals surface area contributed by atoms with Crippen molar-refractivity contribution in [3.8, 4) is 5.75 Å². The Morgan fingerprint density at radius 2 is 2.26 bits per heavy atom. The molecule has 0 bridgehead atoms. The minimum atomic E-state index is -1.34. The molecule has 0 fully saturated rings. The van der Waals surface area contributed by atoms with Gasteiger partial charge in [-0.1, -0.05) is 6.08 Å². The highest BCUT2D eigenvalue weighted by molar-refractivity contribution is 5.92. The summed E-state index contributed by atoms with van der Waals surface area (Å²) in [6.07, 6.45) is 6.72. The summed E-state index contributed by atoms with van der Waals surface area (Å²) in [4.78, 5) is 21.0. The number of benzene rings is 1. The van der Waals surface area contributed by atoms with Crippen molar-refractivity contribution >= 4 is 11.7 Å². The number of rotatable bonds is 4. The Morgan fingerprint density at radius 3 is 2.84 bits per heavy atom. The smallest absolute Gasteiger partial charge is 0.342 e. The Balaban J connectivity index is 2.25. The van der Waals surface area contributed by atoms with Gasteiger partial charge < -0.3 is 9.84 Å². The van der Waals surface area contributed by atoms with Crippen LogP contribution in [0, 0.1) is 10.1 Å². The standard InChI is InChI=1S/C13H13NO5/c15-13(16)11-8-10(6-7-12(11)14(17)18)19-9-4-2-1-3-5-9/h2,4,6-9H,1,3,5H2,(H,15,16). The third-order valence-electron chi connectivity index (χ3n) is 2.89. The molecule has 6 nitrogen and oxygen atoms in total. The number of aromatic carboxylic acids is 1. The minimum absolute atomic E-state index is 0.100. The van der Waals surface area contributed by atoms with Crippen molar-refractivity contribution in [1.82, 2.24) is 0 Å². The van der Waals surface area contributed by atoms with Gasteiger partial charge in [0, 0.05) is 12.1 Å². The molecule has 100 valence electrons. The van der Waals surface area contributed by atoms with Crippen LogP contribution < -0.4 is 4.74 Å². The summed E-state index contributed by atoms with van der Waals surface area (Å²) in [5.74, 6) is -1.00. The van der Waals surface area contributed by atoms with E-state index in [2.05, 4.69) is 0 Å². The van der Waals surface area contributed by atoms with E-state index in [1.54, 1.807) is 0 Å². The Bertz CT molecular complexity index is 538. The highest BCUT2D eigenvalue weighted by atomic mass is 16.6. The van der Waals surface area contributed by atoms with Crippen molar-refractivity contribution < 1.29 is 19.6 Å². The first-order chi connectivity index (χ1) is 9.08. The van der Waals surface area contributed by atoms with Crippen molar-refractivity contribution in [2.45, 2.75) is 25.4 Å². The summed E-state index contributed by atoms with van der Waals surface area (Å²) >= 11 is 0. The molecule has 1 aliphatic rings. The fourth-order valence-corrected chi connectivity index (χ4v) is 1.97. The van der Waals surface area contributed by atoms with Gasteiger partial charge >= 0.3 is 5.97 Å². The van der Waals surface area contributed by atoms with E-state index in [1.807, 2.05) is 12.2 Å². The van der Waals surface area contributed by atoms with Gasteiger partial charge in [-0.15, -0.1) is 0 Å². The number of allylic oxidation sites excluding steroid dienone is 1. The Morgan fingerprint density at radius 1 is 1.47 bits per heavy atom. The molecule has 6 heteroatoms. The van der Waals surface area contributed by atoms with E-state index in [4.69, 9.17) is 9.84 Å². The van der Waals surface area contributed by atoms with Crippen molar-refractivity contribution in [1.29, 1.82) is 0 Å². The van der Waals surface area contributed by atoms with Crippen molar-refractivity contribution in [2.75, 3.05) is 0 Å². The van der Waals surface area contributed by atoms with Crippen LogP contribution >= 0.6 is 0 Å². The first kappa shape index (κ1) is 13.1. The SMILES string of the molecule is O=C(O)c1cc(OC2C=CCCC2)ccc1[N+](=O)[O-]. The van der Waals surface area contributed by atoms with Crippen LogP contribution in [0.25, 0.3) is 0 Å². The normalized spacial score (nSPS) is 18.0. The van der Waals surface area contributed by atoms with E-state index in [0.717, 1.165) is 25.3 Å². The maximum absolute atomic E-state index is 11.0. The molecular weight excluding hydrogens is 250 g/mol. The molecular formula is C13H13NO5. The molecule has 1 aromatic carbocycles. The molecule has 1 N–H and O–H groups in total. The maximum atomic E-state index is 11.0. The number of ether oxygens (including phenoxy) is 1. The molecule has 0 aromatic heterocycles. The van der Waals surface area contributed by atoms with Crippen molar-refractivity contribution in [3.63, 3.8) is 0 Å². The lowest BCUT2D eigenvalue weighted by Crippen LogP contribution is -2.16. The number of carboxylic acid groups (broad SMARTS) is 1. The van der Waals surface area contributed by atoms with Gasteiger partial charge in [-0.3, -0.25) is 10.1 Å². The molecule has 0 heterocycles. The predicted octanol–water partition coefficient (Wildman–Crippen LogP) is 2.78. The number of carbonyl (C=O) groups is 1. The third-order valence-corrected chi connectivity index (χ3v) is 2.89. The van der Waals surface area contributed by atoms with Crippen molar-refractivity contribution in [2.24, 2.45) is 0 Å². The molecule has 0 saturated heterocycles. The Hall–Kier alpha value is -2.37. The molecule has 0 radical (unpaired) electrons. The van der Waals surface area contributed by atoms with Crippen molar-refractivity contribution in [3.05, 3.63) is 46.0 Å². The molecule has 0 spiro atoms. The zero-order valence-corrected chi connectivity index (χ0v) is 10.1. The van der Waals surface area contributed by atoms with Crippen LogP contribution in [0.5, 0.6) is 5.75 Å². The molecule has 2 rings (SSSR count). The topological polar surface area (TPSA) is 89.7 Å². The first-order valence-corrected chi connectivity index (χ1v) is 5.93. The molecule has 19 heavy (non-hydrogen) atoms. The number of carboxylic acids is 1. The van der Waals surface area contributed by atoms with E-state index in [-0.39, 0.29) is 11.7 Å². The van der Waals surface area contributed by atoms with Crippen LogP contribution in [-0.4, -0.2) is 22.1 Å². The van der Waals surface area contributed by atoms with Gasteiger partial charge in [-0.2, -0.15) is 0 Å². The van der Waals surface area contributed by atoms with Crippen LogP contribution in [0.15, 0.2) is 30.4 Å². The summed E-state index contributed by atoms with van der Waals surface area (Å²) in [6.45, 7) is 0. The summed E-state index contributed by atoms with van der Waals surface area (Å²) in [6, 6.07) is 3.78. The molecule has 1 atom stereocenters. The Labute approximate surface area is 109 Å². The fourth-order valence-electron chi connectivity index (χ4n) is 1.97. The van der Waals surface area contributed by atoms with Gasteiger partial charge in [-0.05, 0) is 31.4 Å². The van der Waals surface area contributed by atoms with Gasteiger partial charge in [0.15, 0.2) is 0 Å². The lowest BCUT2D eigenvalue weighted by atomic mass is 10.1. The quantitative estimate of drug-likeness (QED) is 0.512. The minimum Gasteiger partial charge on any atom is -0.486 e. The monoisotopic (exact) mass is 263 g/mol. The summed E-state index contributed by atoms with van der Waals surface area (Å²) in [5.41, 5.74) is -0.790. The van der Waals surface area contributed by atoms with E-state index < -0.39 is 16.6 Å². The van der Waals surface area contributed by atoms with Gasteiger partial charge in [0.1, 0.15) is 17.4 Å². The molecule has 1 aromatic rings. The zero-order valence-electron chi connectivity index (χ0n) is 10.1. The molecule has 1 unspecified atom stereocenters. The average molecular weight is 263 g/mol. The van der Waals surface area contributed by atoms with E-state index in [0.29, 0.717) is 5.75 Å². The number of hydrogen-bond donors (Lipinski definition) is 1. The van der Waals surface area contributed by atoms with Gasteiger partial charge in [0.05, 0.1) is 4.92 Å². The summed E-state index contributed by atoms with van der Waals surface area (Å²) < 4.78 is 5.61. The van der Waals surface area contributed by atoms with E-state index in [1.165, 1.54) is 12.1 Å². The summed E-state index contributed by atoms with van der Waals surface area (Å²) in [7, 11) is 0. The van der Waals surface area contributed by atoms with Gasteiger partial charge in [0.2, 0.25) is 0 Å². The first-order valence-electron chi connectivity index (χ1n) is 5.93. The third kappa shape index (κ3) is 3.09. The van der Waals surface area contributed by atoms with Crippen LogP contribution in [0.1, 0.15) is 29.6 Å². The van der Waals surface area contributed by atoms with E-state index >= 15 is 0 Å². The van der Waals surface area contributed by atoms with Crippen LogP contribution in [-0.2, 0) is 0 Å². The second-order valence-electron chi connectivity index (χ2n) is 4.26. The van der Waals surface area contributed by atoms with E-state index in [9.17, 15) is 14.9 Å². The number of nitrogens with zero attached hydrogens (tertiary/aromatic N) is 1. The van der Waals surface area contributed by atoms with Crippen LogP contribution in [0.2, 0.25) is 0 Å². The number of nitro groups is 1.